The lowest BCUT2D eigenvalue weighted by Gasteiger charge is -2.35. The zero-order chi connectivity index (χ0) is 20.9. The molecule has 4 rings (SSSR count). The molecule has 0 saturated carbocycles. The van der Waals surface area contributed by atoms with Crippen molar-refractivity contribution in [2.45, 2.75) is 13.5 Å². The van der Waals surface area contributed by atoms with Gasteiger partial charge in [0, 0.05) is 43.6 Å². The molecule has 1 N–H and O–H groups in total. The second-order valence-electron chi connectivity index (χ2n) is 7.29. The summed E-state index contributed by atoms with van der Waals surface area (Å²) in [4.78, 5) is 17.1. The van der Waals surface area contributed by atoms with Crippen molar-refractivity contribution < 1.29 is 9.53 Å². The highest BCUT2D eigenvalue weighted by atomic mass is 32.1. The predicted molar refractivity (Wildman–Crippen MR) is 120 cm³/mol. The van der Waals surface area contributed by atoms with Crippen molar-refractivity contribution in [3.8, 4) is 5.75 Å². The molecule has 2 aromatic carbocycles. The number of nitrogens with one attached hydrogen (secondary N) is 1. The molecule has 7 nitrogen and oxygen atoms in total. The Hall–Kier alpha value is -2.97. The molecule has 0 spiro atoms. The number of anilines is 2. The Labute approximate surface area is 180 Å². The molecule has 0 atom stereocenters. The number of piperazine rings is 1. The third-order valence-electron chi connectivity index (χ3n) is 5.12. The summed E-state index contributed by atoms with van der Waals surface area (Å²) in [7, 11) is 1.69. The molecule has 0 unspecified atom stereocenters. The largest absolute Gasteiger partial charge is 0.497 e. The predicted octanol–water partition coefficient (Wildman–Crippen LogP) is 3.43. The Balaban J connectivity index is 1.30. The maximum atomic E-state index is 12.4. The van der Waals surface area contributed by atoms with Crippen LogP contribution in [0, 0.1) is 6.92 Å². The molecule has 0 bridgehead atoms. The normalized spacial score (nSPS) is 14.5. The Kier molecular flexibility index (Phi) is 6.25. The molecule has 0 aliphatic carbocycles. The van der Waals surface area contributed by atoms with E-state index in [0.29, 0.717) is 11.6 Å². The average Bonchev–Trinajstić information content (AvgIpc) is 3.24. The number of methoxy groups -OCH3 is 1. The van der Waals surface area contributed by atoms with Crippen molar-refractivity contribution in [3.05, 3.63) is 64.1 Å². The molecule has 2 heterocycles. The summed E-state index contributed by atoms with van der Waals surface area (Å²) in [6, 6.07) is 15.9. The number of hydrogen-bond donors (Lipinski definition) is 1. The van der Waals surface area contributed by atoms with E-state index in [0.717, 1.165) is 48.2 Å². The van der Waals surface area contributed by atoms with Crippen molar-refractivity contribution in [1.82, 2.24) is 15.1 Å². The first-order valence-corrected chi connectivity index (χ1v) is 10.7. The zero-order valence-electron chi connectivity index (χ0n) is 17.2. The van der Waals surface area contributed by atoms with E-state index in [-0.39, 0.29) is 5.91 Å². The van der Waals surface area contributed by atoms with Gasteiger partial charge in [0.15, 0.2) is 0 Å². The van der Waals surface area contributed by atoms with Crippen molar-refractivity contribution in [2.75, 3.05) is 43.5 Å². The van der Waals surface area contributed by atoms with Crippen LogP contribution in [0.15, 0.2) is 48.5 Å². The standard InChI is InChI=1S/C22H25N5O2S/c1-16-6-8-17(9-7-16)23-21(28)22-25-24-20(30-22)15-26-10-12-27(13-11-26)18-4-3-5-19(14-18)29-2/h3-9,14H,10-13,15H2,1-2H3,(H,23,28). The minimum atomic E-state index is -0.217. The first-order chi connectivity index (χ1) is 14.6. The minimum Gasteiger partial charge on any atom is -0.497 e. The summed E-state index contributed by atoms with van der Waals surface area (Å²) in [5.41, 5.74) is 3.09. The van der Waals surface area contributed by atoms with Gasteiger partial charge in [0.2, 0.25) is 5.01 Å². The topological polar surface area (TPSA) is 70.6 Å². The van der Waals surface area contributed by atoms with Crippen LogP contribution < -0.4 is 15.0 Å². The summed E-state index contributed by atoms with van der Waals surface area (Å²) < 4.78 is 5.33. The fourth-order valence-corrected chi connectivity index (χ4v) is 4.17. The fraction of sp³-hybridized carbons (Fsp3) is 0.318. The van der Waals surface area contributed by atoms with Crippen LogP contribution in [0.5, 0.6) is 5.75 Å². The third-order valence-corrected chi connectivity index (χ3v) is 6.03. The van der Waals surface area contributed by atoms with E-state index in [4.69, 9.17) is 4.74 Å². The molecular weight excluding hydrogens is 398 g/mol. The molecule has 1 amide bonds. The van der Waals surface area contributed by atoms with Crippen LogP contribution >= 0.6 is 11.3 Å². The first-order valence-electron chi connectivity index (χ1n) is 9.92. The molecular formula is C22H25N5O2S. The number of ether oxygens (including phenoxy) is 1. The van der Waals surface area contributed by atoms with E-state index < -0.39 is 0 Å². The Morgan fingerprint density at radius 3 is 2.60 bits per heavy atom. The highest BCUT2D eigenvalue weighted by Crippen LogP contribution is 2.23. The Morgan fingerprint density at radius 2 is 1.87 bits per heavy atom. The van der Waals surface area contributed by atoms with E-state index in [1.807, 2.05) is 43.3 Å². The molecule has 0 radical (unpaired) electrons. The van der Waals surface area contributed by atoms with Crippen LogP contribution in [0.3, 0.4) is 0 Å². The SMILES string of the molecule is COc1cccc(N2CCN(Cc3nnc(C(=O)Nc4ccc(C)cc4)s3)CC2)c1. The van der Waals surface area contributed by atoms with Gasteiger partial charge >= 0.3 is 0 Å². The van der Waals surface area contributed by atoms with Crippen LogP contribution in [0.25, 0.3) is 0 Å². The maximum absolute atomic E-state index is 12.4. The number of rotatable bonds is 6. The number of amides is 1. The Bertz CT molecular complexity index is 997. The van der Waals surface area contributed by atoms with Crippen LogP contribution in [-0.4, -0.2) is 54.3 Å². The van der Waals surface area contributed by atoms with Crippen LogP contribution in [0.2, 0.25) is 0 Å². The summed E-state index contributed by atoms with van der Waals surface area (Å²) in [6.45, 7) is 6.46. The Morgan fingerprint density at radius 1 is 1.10 bits per heavy atom. The summed E-state index contributed by atoms with van der Waals surface area (Å²) >= 11 is 1.35. The first kappa shape index (κ1) is 20.3. The average molecular weight is 424 g/mol. The van der Waals surface area contributed by atoms with Gasteiger partial charge < -0.3 is 15.0 Å². The molecule has 30 heavy (non-hydrogen) atoms. The number of hydrogen-bond acceptors (Lipinski definition) is 7. The number of benzene rings is 2. The van der Waals surface area contributed by atoms with E-state index in [1.165, 1.54) is 17.0 Å². The van der Waals surface area contributed by atoms with Crippen molar-refractivity contribution in [2.24, 2.45) is 0 Å². The van der Waals surface area contributed by atoms with Gasteiger partial charge in [-0.2, -0.15) is 0 Å². The van der Waals surface area contributed by atoms with Gasteiger partial charge in [0.1, 0.15) is 10.8 Å². The lowest BCUT2D eigenvalue weighted by molar-refractivity contribution is 0.102. The monoisotopic (exact) mass is 423 g/mol. The molecule has 1 saturated heterocycles. The second kappa shape index (κ2) is 9.23. The number of nitrogens with zero attached hydrogens (tertiary/aromatic N) is 4. The number of carbonyl (C=O) groups excluding carboxylic acids is 1. The van der Waals surface area contributed by atoms with E-state index >= 15 is 0 Å². The summed E-state index contributed by atoms with van der Waals surface area (Å²) in [5, 5.41) is 12.4. The van der Waals surface area contributed by atoms with Gasteiger partial charge in [-0.15, -0.1) is 10.2 Å². The fourth-order valence-electron chi connectivity index (χ4n) is 3.39. The van der Waals surface area contributed by atoms with Crippen LogP contribution in [0.4, 0.5) is 11.4 Å². The molecule has 3 aromatic rings. The molecule has 1 aliphatic heterocycles. The third kappa shape index (κ3) is 4.95. The van der Waals surface area contributed by atoms with Crippen molar-refractivity contribution in [1.29, 1.82) is 0 Å². The lowest BCUT2D eigenvalue weighted by Crippen LogP contribution is -2.45. The van der Waals surface area contributed by atoms with E-state index in [9.17, 15) is 4.79 Å². The van der Waals surface area contributed by atoms with Gasteiger partial charge in [-0.1, -0.05) is 35.1 Å². The van der Waals surface area contributed by atoms with Crippen LogP contribution in [0.1, 0.15) is 20.4 Å². The van der Waals surface area contributed by atoms with Gasteiger partial charge in [0.05, 0.1) is 13.7 Å². The maximum Gasteiger partial charge on any atom is 0.286 e. The number of carbonyl (C=O) groups is 1. The summed E-state index contributed by atoms with van der Waals surface area (Å²) in [6.07, 6.45) is 0. The van der Waals surface area contributed by atoms with E-state index in [1.54, 1.807) is 7.11 Å². The smallest absolute Gasteiger partial charge is 0.286 e. The number of aryl methyl sites for hydroxylation is 1. The number of aromatic nitrogens is 2. The molecule has 8 heteroatoms. The molecule has 1 fully saturated rings. The quantitative estimate of drug-likeness (QED) is 0.655. The molecule has 1 aromatic heterocycles. The van der Waals surface area contributed by atoms with Gasteiger partial charge in [0.25, 0.3) is 5.91 Å². The zero-order valence-corrected chi connectivity index (χ0v) is 18.0. The summed E-state index contributed by atoms with van der Waals surface area (Å²) in [5.74, 6) is 0.658. The van der Waals surface area contributed by atoms with Gasteiger partial charge in [-0.3, -0.25) is 9.69 Å². The van der Waals surface area contributed by atoms with Gasteiger partial charge in [-0.05, 0) is 31.2 Å². The highest BCUT2D eigenvalue weighted by molar-refractivity contribution is 7.13. The highest BCUT2D eigenvalue weighted by Gasteiger charge is 2.20. The molecule has 1 aliphatic rings. The van der Waals surface area contributed by atoms with Gasteiger partial charge in [-0.25, -0.2) is 0 Å². The molecule has 156 valence electrons. The van der Waals surface area contributed by atoms with Crippen LogP contribution in [-0.2, 0) is 6.54 Å². The lowest BCUT2D eigenvalue weighted by atomic mass is 10.2. The second-order valence-corrected chi connectivity index (χ2v) is 8.35. The van der Waals surface area contributed by atoms with E-state index in [2.05, 4.69) is 37.4 Å². The van der Waals surface area contributed by atoms with Crippen molar-refractivity contribution in [3.63, 3.8) is 0 Å². The minimum absolute atomic E-state index is 0.217. The van der Waals surface area contributed by atoms with Crippen molar-refractivity contribution >= 4 is 28.6 Å².